The summed E-state index contributed by atoms with van der Waals surface area (Å²) in [5, 5.41) is 20.5. The fourth-order valence-corrected chi connectivity index (χ4v) is 5.43. The van der Waals surface area contributed by atoms with E-state index in [9.17, 15) is 27.0 Å². The summed E-state index contributed by atoms with van der Waals surface area (Å²) >= 11 is 0. The highest BCUT2D eigenvalue weighted by Gasteiger charge is 2.51. The molecule has 0 spiro atoms. The van der Waals surface area contributed by atoms with Crippen molar-refractivity contribution in [2.24, 2.45) is 0 Å². The quantitative estimate of drug-likeness (QED) is 0.474. The monoisotopic (exact) mass is 502 g/mol. The van der Waals surface area contributed by atoms with Gasteiger partial charge in [0.05, 0.1) is 16.4 Å². The summed E-state index contributed by atoms with van der Waals surface area (Å²) in [7, 11) is -7.44. The van der Waals surface area contributed by atoms with Crippen molar-refractivity contribution in [2.75, 3.05) is 13.7 Å². The van der Waals surface area contributed by atoms with E-state index in [2.05, 4.69) is 0 Å². The Labute approximate surface area is 192 Å². The molecule has 0 radical (unpaired) electrons. The van der Waals surface area contributed by atoms with Crippen molar-refractivity contribution in [2.45, 2.75) is 54.3 Å². The highest BCUT2D eigenvalue weighted by Crippen LogP contribution is 2.31. The van der Waals surface area contributed by atoms with Crippen LogP contribution in [0.2, 0.25) is 0 Å². The molecule has 1 fully saturated rings. The van der Waals surface area contributed by atoms with Gasteiger partial charge >= 0.3 is 0 Å². The number of benzene rings is 2. The summed E-state index contributed by atoms with van der Waals surface area (Å²) in [5.74, 6) is 0. The maximum Gasteiger partial charge on any atom is 0.297 e. The molecule has 33 heavy (non-hydrogen) atoms. The van der Waals surface area contributed by atoms with E-state index in [0.717, 1.165) is 11.1 Å². The van der Waals surface area contributed by atoms with E-state index in [4.69, 9.17) is 17.8 Å². The first kappa shape index (κ1) is 25.7. The number of methoxy groups -OCH3 is 1. The lowest BCUT2D eigenvalue weighted by Crippen LogP contribution is -2.44. The van der Waals surface area contributed by atoms with Crippen LogP contribution in [0.25, 0.3) is 0 Å². The molecule has 5 atom stereocenters. The van der Waals surface area contributed by atoms with E-state index < -0.39 is 57.5 Å². The van der Waals surface area contributed by atoms with Crippen LogP contribution in [0.4, 0.5) is 0 Å². The highest BCUT2D eigenvalue weighted by atomic mass is 32.2. The van der Waals surface area contributed by atoms with Gasteiger partial charge in [-0.05, 0) is 38.1 Å². The van der Waals surface area contributed by atoms with Crippen LogP contribution < -0.4 is 0 Å². The first-order chi connectivity index (χ1) is 15.5. The maximum absolute atomic E-state index is 12.7. The average molecular weight is 503 g/mol. The molecule has 2 aromatic carbocycles. The van der Waals surface area contributed by atoms with E-state index >= 15 is 0 Å². The van der Waals surface area contributed by atoms with Gasteiger partial charge in [-0.3, -0.25) is 8.37 Å². The number of rotatable bonds is 9. The number of aryl methyl sites for hydroxylation is 2. The normalized spacial score (nSPS) is 24.6. The standard InChI is InChI=1S/C21H26O10S2/c1-13-4-8-15(9-5-13)32(24,25)30-17(12-22)19-18(23)20(21(28-3)29-19)31-33(26,27)16-10-6-14(2)7-11-16/h4-11,17-23H,12H2,1-3H3/t17-,18-,19+,20+,21-/m0/s1. The summed E-state index contributed by atoms with van der Waals surface area (Å²) in [5.41, 5.74) is 1.67. The van der Waals surface area contributed by atoms with Gasteiger partial charge in [0.15, 0.2) is 12.4 Å². The van der Waals surface area contributed by atoms with Gasteiger partial charge in [0, 0.05) is 7.11 Å². The van der Waals surface area contributed by atoms with Crippen LogP contribution in [0.5, 0.6) is 0 Å². The van der Waals surface area contributed by atoms with Crippen LogP contribution in [-0.4, -0.2) is 71.5 Å². The van der Waals surface area contributed by atoms with E-state index in [-0.39, 0.29) is 9.79 Å². The van der Waals surface area contributed by atoms with Crippen molar-refractivity contribution in [1.82, 2.24) is 0 Å². The Morgan fingerprint density at radius 3 is 1.85 bits per heavy atom. The molecule has 1 aliphatic heterocycles. The van der Waals surface area contributed by atoms with Gasteiger partial charge in [-0.25, -0.2) is 0 Å². The SMILES string of the molecule is CO[C@H]1O[C@H]([C@H](CO)OS(=O)(=O)c2ccc(C)cc2)[C@H](O)[C@H]1OS(=O)(=O)c1ccc(C)cc1. The van der Waals surface area contributed by atoms with E-state index in [1.54, 1.807) is 38.1 Å². The van der Waals surface area contributed by atoms with Gasteiger partial charge < -0.3 is 19.7 Å². The van der Waals surface area contributed by atoms with E-state index in [1.807, 2.05) is 0 Å². The van der Waals surface area contributed by atoms with Crippen LogP contribution in [0, 0.1) is 13.8 Å². The van der Waals surface area contributed by atoms with Crippen LogP contribution in [0.15, 0.2) is 58.3 Å². The van der Waals surface area contributed by atoms with Gasteiger partial charge in [-0.2, -0.15) is 16.8 Å². The Bertz CT molecular complexity index is 1140. The fraction of sp³-hybridized carbons (Fsp3) is 0.429. The van der Waals surface area contributed by atoms with Crippen LogP contribution in [0.3, 0.4) is 0 Å². The molecule has 0 amide bonds. The molecule has 3 rings (SSSR count). The molecule has 10 nitrogen and oxygen atoms in total. The molecule has 0 aromatic heterocycles. The zero-order valence-corrected chi connectivity index (χ0v) is 19.8. The molecule has 182 valence electrons. The summed E-state index contributed by atoms with van der Waals surface area (Å²) in [4.78, 5) is -0.299. The van der Waals surface area contributed by atoms with Crippen molar-refractivity contribution >= 4 is 20.2 Å². The van der Waals surface area contributed by atoms with Gasteiger partial charge in [0.2, 0.25) is 0 Å². The molecule has 2 aromatic rings. The molecule has 12 heteroatoms. The lowest BCUT2D eigenvalue weighted by Gasteiger charge is -2.24. The highest BCUT2D eigenvalue weighted by molar-refractivity contribution is 7.87. The second kappa shape index (κ2) is 10.2. The number of aliphatic hydroxyl groups is 2. The van der Waals surface area contributed by atoms with Crippen LogP contribution in [-0.2, 0) is 38.1 Å². The number of aliphatic hydroxyl groups excluding tert-OH is 2. The van der Waals surface area contributed by atoms with Crippen LogP contribution >= 0.6 is 0 Å². The Morgan fingerprint density at radius 2 is 1.39 bits per heavy atom. The largest absolute Gasteiger partial charge is 0.394 e. The topological polar surface area (TPSA) is 146 Å². The minimum Gasteiger partial charge on any atom is -0.394 e. The summed E-state index contributed by atoms with van der Waals surface area (Å²) < 4.78 is 71.4. The molecule has 0 bridgehead atoms. The van der Waals surface area contributed by atoms with Gasteiger partial charge in [-0.15, -0.1) is 0 Å². The molecular weight excluding hydrogens is 476 g/mol. The van der Waals surface area contributed by atoms with Gasteiger partial charge in [0.25, 0.3) is 20.2 Å². The third-order valence-electron chi connectivity index (χ3n) is 5.12. The third kappa shape index (κ3) is 5.78. The second-order valence-electron chi connectivity index (χ2n) is 7.61. The van der Waals surface area contributed by atoms with E-state index in [0.29, 0.717) is 0 Å². The Kier molecular flexibility index (Phi) is 7.91. The lowest BCUT2D eigenvalue weighted by atomic mass is 10.1. The van der Waals surface area contributed by atoms with Crippen molar-refractivity contribution in [1.29, 1.82) is 0 Å². The molecular formula is C21H26O10S2. The summed E-state index contributed by atoms with van der Waals surface area (Å²) in [6.07, 6.45) is -7.62. The maximum atomic E-state index is 12.7. The Morgan fingerprint density at radius 1 is 0.909 bits per heavy atom. The number of hydrogen-bond acceptors (Lipinski definition) is 10. The van der Waals surface area contributed by atoms with Crippen molar-refractivity contribution in [3.63, 3.8) is 0 Å². The first-order valence-electron chi connectivity index (χ1n) is 9.95. The zero-order valence-electron chi connectivity index (χ0n) is 18.2. The first-order valence-corrected chi connectivity index (χ1v) is 12.8. The molecule has 1 saturated heterocycles. The molecule has 1 heterocycles. The van der Waals surface area contributed by atoms with Gasteiger partial charge in [0.1, 0.15) is 18.3 Å². The van der Waals surface area contributed by atoms with Gasteiger partial charge in [-0.1, -0.05) is 35.4 Å². The van der Waals surface area contributed by atoms with Crippen LogP contribution in [0.1, 0.15) is 11.1 Å². The zero-order chi connectivity index (χ0) is 24.4. The Balaban J connectivity index is 1.81. The minimum atomic E-state index is -4.32. The number of ether oxygens (including phenoxy) is 2. The van der Waals surface area contributed by atoms with E-state index in [1.165, 1.54) is 31.4 Å². The van der Waals surface area contributed by atoms with Crippen molar-refractivity contribution < 1.29 is 44.9 Å². The van der Waals surface area contributed by atoms with Crippen molar-refractivity contribution in [3.8, 4) is 0 Å². The summed E-state index contributed by atoms with van der Waals surface area (Å²) in [6, 6.07) is 11.7. The number of hydrogen-bond donors (Lipinski definition) is 2. The predicted octanol–water partition coefficient (Wildman–Crippen LogP) is 0.876. The average Bonchev–Trinajstić information content (AvgIpc) is 3.07. The second-order valence-corrected chi connectivity index (χ2v) is 10.8. The molecule has 0 aliphatic carbocycles. The molecule has 0 unspecified atom stereocenters. The predicted molar refractivity (Wildman–Crippen MR) is 115 cm³/mol. The lowest BCUT2D eigenvalue weighted by molar-refractivity contribution is -0.159. The molecule has 2 N–H and O–H groups in total. The third-order valence-corrected chi connectivity index (χ3v) is 7.79. The van der Waals surface area contributed by atoms with Crippen molar-refractivity contribution in [3.05, 3.63) is 59.7 Å². The Hall–Kier alpha value is -1.90. The smallest absolute Gasteiger partial charge is 0.297 e. The summed E-state index contributed by atoms with van der Waals surface area (Å²) in [6.45, 7) is 2.73. The minimum absolute atomic E-state index is 0.143. The molecule has 0 saturated carbocycles. The fourth-order valence-electron chi connectivity index (χ4n) is 3.28. The molecule has 1 aliphatic rings.